The van der Waals surface area contributed by atoms with Gasteiger partial charge in [-0.05, 0) is 43.4 Å². The topological polar surface area (TPSA) is 50.8 Å². The molecule has 1 heterocycles. The minimum absolute atomic E-state index is 0.0540. The van der Waals surface area contributed by atoms with Gasteiger partial charge in [-0.25, -0.2) is 4.79 Å². The number of nitrogens with zero attached hydrogens (tertiary/aromatic N) is 1. The average Bonchev–Trinajstić information content (AvgIpc) is 3.30. The van der Waals surface area contributed by atoms with Crippen LogP contribution in [0.3, 0.4) is 0 Å². The van der Waals surface area contributed by atoms with Crippen LogP contribution in [0.1, 0.15) is 44.1 Å². The minimum atomic E-state index is 0.0540. The van der Waals surface area contributed by atoms with E-state index in [1.54, 1.807) is 14.2 Å². The molecule has 1 unspecified atom stereocenters. The highest BCUT2D eigenvalue weighted by Gasteiger charge is 2.37. The van der Waals surface area contributed by atoms with Crippen LogP contribution in [-0.4, -0.2) is 50.9 Å². The number of benzene rings is 1. The summed E-state index contributed by atoms with van der Waals surface area (Å²) in [6.07, 6.45) is 6.79. The van der Waals surface area contributed by atoms with Gasteiger partial charge in [0.1, 0.15) is 5.75 Å². The van der Waals surface area contributed by atoms with Crippen molar-refractivity contribution < 1.29 is 14.3 Å². The molecule has 1 aromatic rings. The Bertz CT molecular complexity index is 567. The van der Waals surface area contributed by atoms with Crippen LogP contribution in [0.15, 0.2) is 24.3 Å². The number of amides is 2. The first-order valence-electron chi connectivity index (χ1n) is 9.36. The van der Waals surface area contributed by atoms with Gasteiger partial charge < -0.3 is 19.7 Å². The number of rotatable bonds is 6. The molecule has 1 N–H and O–H groups in total. The maximum atomic E-state index is 12.7. The van der Waals surface area contributed by atoms with Crippen molar-refractivity contribution in [3.63, 3.8) is 0 Å². The highest BCUT2D eigenvalue weighted by Crippen LogP contribution is 2.41. The molecule has 2 amide bonds. The minimum Gasteiger partial charge on any atom is -0.497 e. The number of urea groups is 1. The van der Waals surface area contributed by atoms with Crippen molar-refractivity contribution in [2.24, 2.45) is 0 Å². The number of ether oxygens (including phenoxy) is 2. The van der Waals surface area contributed by atoms with Gasteiger partial charge in [-0.2, -0.15) is 0 Å². The summed E-state index contributed by atoms with van der Waals surface area (Å²) in [5, 5.41) is 3.22. The van der Waals surface area contributed by atoms with E-state index in [9.17, 15) is 4.79 Å². The van der Waals surface area contributed by atoms with Gasteiger partial charge in [0, 0.05) is 25.6 Å². The Morgan fingerprint density at radius 3 is 2.56 bits per heavy atom. The fraction of sp³-hybridized carbons (Fsp3) is 0.650. The first-order chi connectivity index (χ1) is 12.2. The molecule has 1 atom stereocenters. The monoisotopic (exact) mass is 346 g/mol. The Morgan fingerprint density at radius 2 is 1.92 bits per heavy atom. The van der Waals surface area contributed by atoms with Gasteiger partial charge in [0.15, 0.2) is 0 Å². The summed E-state index contributed by atoms with van der Waals surface area (Å²) >= 11 is 0. The molecule has 1 aliphatic carbocycles. The van der Waals surface area contributed by atoms with Gasteiger partial charge >= 0.3 is 6.03 Å². The van der Waals surface area contributed by atoms with Crippen molar-refractivity contribution in [3.8, 4) is 5.75 Å². The zero-order chi connectivity index (χ0) is 17.7. The molecule has 2 fully saturated rings. The summed E-state index contributed by atoms with van der Waals surface area (Å²) in [5.41, 5.74) is 1.36. The number of likely N-dealkylation sites (tertiary alicyclic amines) is 1. The number of carbonyl (C=O) groups is 1. The van der Waals surface area contributed by atoms with E-state index in [-0.39, 0.29) is 17.5 Å². The maximum Gasteiger partial charge on any atom is 0.317 e. The second-order valence-corrected chi connectivity index (χ2v) is 7.32. The highest BCUT2D eigenvalue weighted by atomic mass is 16.5. The van der Waals surface area contributed by atoms with Crippen LogP contribution in [0.25, 0.3) is 0 Å². The van der Waals surface area contributed by atoms with Crippen LogP contribution < -0.4 is 10.1 Å². The van der Waals surface area contributed by atoms with Crippen molar-refractivity contribution in [1.82, 2.24) is 10.2 Å². The summed E-state index contributed by atoms with van der Waals surface area (Å²) in [4.78, 5) is 14.6. The lowest BCUT2D eigenvalue weighted by Gasteiger charge is -2.32. The average molecular weight is 346 g/mol. The Hall–Kier alpha value is -1.75. The molecular formula is C20H30N2O3. The van der Waals surface area contributed by atoms with Gasteiger partial charge in [0.2, 0.25) is 0 Å². The molecule has 1 aromatic carbocycles. The van der Waals surface area contributed by atoms with Crippen molar-refractivity contribution in [3.05, 3.63) is 29.8 Å². The van der Waals surface area contributed by atoms with Crippen LogP contribution in [0.4, 0.5) is 4.79 Å². The zero-order valence-corrected chi connectivity index (χ0v) is 15.4. The van der Waals surface area contributed by atoms with Crippen LogP contribution in [0.5, 0.6) is 5.75 Å². The lowest BCUT2D eigenvalue weighted by atomic mass is 9.79. The molecule has 1 saturated heterocycles. The van der Waals surface area contributed by atoms with E-state index < -0.39 is 0 Å². The summed E-state index contributed by atoms with van der Waals surface area (Å²) in [7, 11) is 3.39. The molecule has 0 bridgehead atoms. The Morgan fingerprint density at radius 1 is 1.20 bits per heavy atom. The third kappa shape index (κ3) is 3.92. The molecular weight excluding hydrogens is 316 g/mol. The molecule has 25 heavy (non-hydrogen) atoms. The van der Waals surface area contributed by atoms with E-state index >= 15 is 0 Å². The number of hydrogen-bond acceptors (Lipinski definition) is 3. The van der Waals surface area contributed by atoms with E-state index in [0.29, 0.717) is 13.2 Å². The van der Waals surface area contributed by atoms with Crippen LogP contribution in [0, 0.1) is 0 Å². The number of nitrogens with one attached hydrogen (secondary N) is 1. The third-order valence-electron chi connectivity index (χ3n) is 5.84. The fourth-order valence-electron chi connectivity index (χ4n) is 4.38. The number of methoxy groups -OCH3 is 2. The molecule has 5 nitrogen and oxygen atoms in total. The molecule has 138 valence electrons. The summed E-state index contributed by atoms with van der Waals surface area (Å²) in [6, 6.07) is 8.61. The smallest absolute Gasteiger partial charge is 0.317 e. The fourth-order valence-corrected chi connectivity index (χ4v) is 4.38. The van der Waals surface area contributed by atoms with Gasteiger partial charge in [0.05, 0.1) is 19.8 Å². The molecule has 0 aromatic heterocycles. The highest BCUT2D eigenvalue weighted by molar-refractivity contribution is 5.75. The Labute approximate surface area is 150 Å². The van der Waals surface area contributed by atoms with Crippen molar-refractivity contribution in [2.75, 3.05) is 33.9 Å². The van der Waals surface area contributed by atoms with E-state index in [4.69, 9.17) is 9.47 Å². The molecule has 0 radical (unpaired) electrons. The first-order valence-corrected chi connectivity index (χ1v) is 9.36. The van der Waals surface area contributed by atoms with Crippen molar-refractivity contribution >= 4 is 6.03 Å². The van der Waals surface area contributed by atoms with E-state index in [1.807, 2.05) is 17.0 Å². The number of hydrogen-bond donors (Lipinski definition) is 1. The summed E-state index contributed by atoms with van der Waals surface area (Å²) in [5.74, 6) is 0.875. The molecule has 5 heteroatoms. The van der Waals surface area contributed by atoms with Gasteiger partial charge in [-0.15, -0.1) is 0 Å². The predicted octanol–water partition coefficient (Wildman–Crippen LogP) is 3.33. The lowest BCUT2D eigenvalue weighted by Crippen LogP contribution is -2.48. The van der Waals surface area contributed by atoms with Gasteiger partial charge in [-0.3, -0.25) is 0 Å². The van der Waals surface area contributed by atoms with Crippen LogP contribution in [-0.2, 0) is 10.2 Å². The Kier molecular flexibility index (Phi) is 5.84. The standard InChI is InChI=1S/C20H30N2O3/c1-24-14-17-6-5-13-22(17)19(23)21-15-20(11-3-4-12-20)16-7-9-18(25-2)10-8-16/h7-10,17H,3-6,11-15H2,1-2H3,(H,21,23). The van der Waals surface area contributed by atoms with Crippen molar-refractivity contribution in [1.29, 1.82) is 0 Å². The molecule has 3 rings (SSSR count). The normalized spacial score (nSPS) is 22.2. The molecule has 0 spiro atoms. The van der Waals surface area contributed by atoms with Crippen LogP contribution >= 0.6 is 0 Å². The maximum absolute atomic E-state index is 12.7. The SMILES string of the molecule is COCC1CCCN1C(=O)NCC1(c2ccc(OC)cc2)CCCC1. The molecule has 2 aliphatic rings. The molecule has 1 saturated carbocycles. The van der Waals surface area contributed by atoms with Crippen molar-refractivity contribution in [2.45, 2.75) is 50.0 Å². The van der Waals surface area contributed by atoms with Gasteiger partial charge in [-0.1, -0.05) is 25.0 Å². The zero-order valence-electron chi connectivity index (χ0n) is 15.4. The van der Waals surface area contributed by atoms with E-state index in [0.717, 1.165) is 38.0 Å². The van der Waals surface area contributed by atoms with Gasteiger partial charge in [0.25, 0.3) is 0 Å². The third-order valence-corrected chi connectivity index (χ3v) is 5.84. The quantitative estimate of drug-likeness (QED) is 0.859. The second-order valence-electron chi connectivity index (χ2n) is 7.32. The lowest BCUT2D eigenvalue weighted by molar-refractivity contribution is 0.122. The summed E-state index contributed by atoms with van der Waals surface area (Å²) < 4.78 is 10.5. The van der Waals surface area contributed by atoms with Crippen LogP contribution in [0.2, 0.25) is 0 Å². The predicted molar refractivity (Wildman–Crippen MR) is 98.1 cm³/mol. The summed E-state index contributed by atoms with van der Waals surface area (Å²) in [6.45, 7) is 2.15. The van der Waals surface area contributed by atoms with E-state index in [2.05, 4.69) is 17.4 Å². The second kappa shape index (κ2) is 8.09. The van der Waals surface area contributed by atoms with E-state index in [1.165, 1.54) is 18.4 Å². The molecule has 1 aliphatic heterocycles. The number of carbonyl (C=O) groups excluding carboxylic acids is 1. The first kappa shape index (κ1) is 18.1. The Balaban J connectivity index is 1.66. The largest absolute Gasteiger partial charge is 0.497 e.